The van der Waals surface area contributed by atoms with Crippen LogP contribution in [0.4, 0.5) is 10.5 Å². The first-order valence-corrected chi connectivity index (χ1v) is 6.48. The average molecular weight is 247 g/mol. The van der Waals surface area contributed by atoms with Crippen molar-refractivity contribution < 1.29 is 14.6 Å². The largest absolute Gasteiger partial charge is 0.508 e. The molecule has 18 heavy (non-hydrogen) atoms. The van der Waals surface area contributed by atoms with Crippen molar-refractivity contribution in [2.45, 2.75) is 37.7 Å². The molecule has 1 N–H and O–H groups in total. The number of benzene rings is 1. The maximum Gasteiger partial charge on any atom is 0.414 e. The van der Waals surface area contributed by atoms with Gasteiger partial charge in [-0.1, -0.05) is 0 Å². The number of hydrogen-bond donors (Lipinski definition) is 1. The summed E-state index contributed by atoms with van der Waals surface area (Å²) in [5.41, 5.74) is 0.593. The molecular weight excluding hydrogens is 230 g/mol. The van der Waals surface area contributed by atoms with E-state index in [2.05, 4.69) is 0 Å². The van der Waals surface area contributed by atoms with E-state index in [1.54, 1.807) is 29.2 Å². The van der Waals surface area contributed by atoms with Crippen molar-refractivity contribution in [3.05, 3.63) is 24.3 Å². The lowest BCUT2D eigenvalue weighted by atomic mass is 9.96. The molecule has 0 radical (unpaired) electrons. The van der Waals surface area contributed by atoms with Crippen LogP contribution in [-0.4, -0.2) is 23.3 Å². The second-order valence-electron chi connectivity index (χ2n) is 5.18. The molecule has 2 fully saturated rings. The number of carbonyl (C=O) groups excluding carboxylic acids is 1. The topological polar surface area (TPSA) is 49.8 Å². The van der Waals surface area contributed by atoms with Crippen molar-refractivity contribution in [1.82, 2.24) is 0 Å². The second kappa shape index (κ2) is 4.19. The van der Waals surface area contributed by atoms with Gasteiger partial charge in [0.1, 0.15) is 11.4 Å². The van der Waals surface area contributed by atoms with Crippen LogP contribution in [0.5, 0.6) is 5.75 Å². The molecule has 1 saturated heterocycles. The molecule has 4 heteroatoms. The van der Waals surface area contributed by atoms with E-state index in [4.69, 9.17) is 4.74 Å². The molecule has 0 unspecified atom stereocenters. The van der Waals surface area contributed by atoms with Gasteiger partial charge < -0.3 is 9.84 Å². The number of rotatable bonds is 1. The Balaban J connectivity index is 1.76. The minimum absolute atomic E-state index is 0.190. The van der Waals surface area contributed by atoms with Crippen molar-refractivity contribution in [2.75, 3.05) is 11.4 Å². The van der Waals surface area contributed by atoms with Gasteiger partial charge in [-0.15, -0.1) is 0 Å². The van der Waals surface area contributed by atoms with Gasteiger partial charge in [-0.05, 0) is 49.9 Å². The average Bonchev–Trinajstić information content (AvgIpc) is 2.79. The fourth-order valence-electron chi connectivity index (χ4n) is 2.94. The molecule has 4 nitrogen and oxygen atoms in total. The molecule has 3 rings (SSSR count). The smallest absolute Gasteiger partial charge is 0.414 e. The quantitative estimate of drug-likeness (QED) is 0.829. The number of nitrogens with zero attached hydrogens (tertiary/aromatic N) is 1. The number of carbonyl (C=O) groups is 1. The Hall–Kier alpha value is -1.71. The molecule has 1 aliphatic heterocycles. The summed E-state index contributed by atoms with van der Waals surface area (Å²) < 4.78 is 5.66. The molecular formula is C14H17NO3. The summed E-state index contributed by atoms with van der Waals surface area (Å²) in [7, 11) is 0. The van der Waals surface area contributed by atoms with Gasteiger partial charge in [0.05, 0.1) is 0 Å². The molecule has 1 amide bonds. The van der Waals surface area contributed by atoms with E-state index in [0.717, 1.165) is 37.8 Å². The Kier molecular flexibility index (Phi) is 2.65. The molecule has 0 atom stereocenters. The van der Waals surface area contributed by atoms with E-state index < -0.39 is 0 Å². The van der Waals surface area contributed by atoms with Gasteiger partial charge in [-0.3, -0.25) is 4.90 Å². The van der Waals surface area contributed by atoms with E-state index in [9.17, 15) is 9.90 Å². The zero-order valence-electron chi connectivity index (χ0n) is 10.3. The number of ether oxygens (including phenoxy) is 1. The SMILES string of the molecule is O=C1OC2(CCCC2)CCN1c1ccc(O)cc1. The zero-order valence-corrected chi connectivity index (χ0v) is 10.3. The predicted molar refractivity (Wildman–Crippen MR) is 67.7 cm³/mol. The van der Waals surface area contributed by atoms with Crippen LogP contribution in [0.25, 0.3) is 0 Å². The molecule has 96 valence electrons. The predicted octanol–water partition coefficient (Wildman–Crippen LogP) is 3.05. The van der Waals surface area contributed by atoms with Gasteiger partial charge in [0.25, 0.3) is 0 Å². The summed E-state index contributed by atoms with van der Waals surface area (Å²) in [4.78, 5) is 13.7. The van der Waals surface area contributed by atoms with Crippen molar-refractivity contribution in [3.63, 3.8) is 0 Å². The lowest BCUT2D eigenvalue weighted by Gasteiger charge is -2.38. The Labute approximate surface area is 106 Å². The minimum atomic E-state index is -0.256. The Morgan fingerprint density at radius 3 is 2.39 bits per heavy atom. The highest BCUT2D eigenvalue weighted by Crippen LogP contribution is 2.40. The number of phenolic OH excluding ortho intramolecular Hbond substituents is 1. The highest BCUT2D eigenvalue weighted by Gasteiger charge is 2.42. The van der Waals surface area contributed by atoms with Crippen LogP contribution in [0.15, 0.2) is 24.3 Å². The first-order valence-electron chi connectivity index (χ1n) is 6.48. The molecule has 1 aromatic rings. The molecule has 1 spiro atoms. The van der Waals surface area contributed by atoms with Gasteiger partial charge in [0.15, 0.2) is 0 Å². The van der Waals surface area contributed by atoms with Crippen molar-refractivity contribution in [2.24, 2.45) is 0 Å². The highest BCUT2D eigenvalue weighted by atomic mass is 16.6. The van der Waals surface area contributed by atoms with E-state index >= 15 is 0 Å². The first-order chi connectivity index (χ1) is 8.69. The third kappa shape index (κ3) is 1.92. The number of hydrogen-bond acceptors (Lipinski definition) is 3. The summed E-state index contributed by atoms with van der Waals surface area (Å²) in [6, 6.07) is 6.65. The van der Waals surface area contributed by atoms with E-state index in [0.29, 0.717) is 6.54 Å². The van der Waals surface area contributed by atoms with Crippen LogP contribution >= 0.6 is 0 Å². The van der Waals surface area contributed by atoms with Crippen molar-refractivity contribution in [1.29, 1.82) is 0 Å². The van der Waals surface area contributed by atoms with E-state index in [-0.39, 0.29) is 17.4 Å². The summed E-state index contributed by atoms with van der Waals surface area (Å²) in [5.74, 6) is 0.205. The molecule has 1 heterocycles. The summed E-state index contributed by atoms with van der Waals surface area (Å²) in [6.07, 6.45) is 4.97. The normalized spacial score (nSPS) is 22.2. The van der Waals surface area contributed by atoms with E-state index in [1.807, 2.05) is 0 Å². The number of amides is 1. The van der Waals surface area contributed by atoms with Crippen LogP contribution in [-0.2, 0) is 4.74 Å². The van der Waals surface area contributed by atoms with Crippen molar-refractivity contribution >= 4 is 11.8 Å². The molecule has 1 aliphatic carbocycles. The first kappa shape index (κ1) is 11.4. The maximum atomic E-state index is 12.1. The van der Waals surface area contributed by atoms with Crippen LogP contribution < -0.4 is 4.90 Å². The molecule has 0 aromatic heterocycles. The second-order valence-corrected chi connectivity index (χ2v) is 5.18. The van der Waals surface area contributed by atoms with Crippen LogP contribution in [0.1, 0.15) is 32.1 Å². The third-order valence-corrected chi connectivity index (χ3v) is 3.99. The molecule has 0 bridgehead atoms. The fourth-order valence-corrected chi connectivity index (χ4v) is 2.94. The van der Waals surface area contributed by atoms with Gasteiger partial charge in [0, 0.05) is 18.7 Å². The number of aromatic hydroxyl groups is 1. The lowest BCUT2D eigenvalue weighted by Crippen LogP contribution is -2.48. The number of anilines is 1. The number of phenols is 1. The molecule has 1 aromatic carbocycles. The zero-order chi connectivity index (χ0) is 12.6. The van der Waals surface area contributed by atoms with Crippen LogP contribution in [0.2, 0.25) is 0 Å². The monoisotopic (exact) mass is 247 g/mol. The Morgan fingerprint density at radius 2 is 1.78 bits per heavy atom. The Bertz CT molecular complexity index is 449. The van der Waals surface area contributed by atoms with Gasteiger partial charge in [-0.2, -0.15) is 0 Å². The van der Waals surface area contributed by atoms with Crippen LogP contribution in [0.3, 0.4) is 0 Å². The molecule has 1 saturated carbocycles. The van der Waals surface area contributed by atoms with Crippen LogP contribution in [0, 0.1) is 0 Å². The lowest BCUT2D eigenvalue weighted by molar-refractivity contribution is 0.000544. The molecule has 2 aliphatic rings. The maximum absolute atomic E-state index is 12.1. The Morgan fingerprint density at radius 1 is 1.11 bits per heavy atom. The van der Waals surface area contributed by atoms with Crippen molar-refractivity contribution in [3.8, 4) is 5.75 Å². The third-order valence-electron chi connectivity index (χ3n) is 3.99. The van der Waals surface area contributed by atoms with Gasteiger partial charge in [0.2, 0.25) is 0 Å². The summed E-state index contributed by atoms with van der Waals surface area (Å²) >= 11 is 0. The standard InChI is InChI=1S/C14H17NO3/c16-12-5-3-11(4-6-12)15-10-9-14(18-13(15)17)7-1-2-8-14/h3-6,16H,1-2,7-10H2. The summed E-state index contributed by atoms with van der Waals surface area (Å²) in [5, 5.41) is 9.25. The fraction of sp³-hybridized carbons (Fsp3) is 0.500. The van der Waals surface area contributed by atoms with E-state index in [1.165, 1.54) is 0 Å². The summed E-state index contributed by atoms with van der Waals surface area (Å²) in [6.45, 7) is 0.698. The van der Waals surface area contributed by atoms with Gasteiger partial charge >= 0.3 is 6.09 Å². The highest BCUT2D eigenvalue weighted by molar-refractivity contribution is 5.88. The minimum Gasteiger partial charge on any atom is -0.508 e. The van der Waals surface area contributed by atoms with Gasteiger partial charge in [-0.25, -0.2) is 4.79 Å².